The molecule has 0 aliphatic carbocycles. The monoisotopic (exact) mass is 226 g/mol. The van der Waals surface area contributed by atoms with E-state index in [1.165, 1.54) is 39.5 Å². The molecule has 0 radical (unpaired) electrons. The van der Waals surface area contributed by atoms with Crippen LogP contribution in [0.3, 0.4) is 0 Å². The number of hydrogen-bond donors (Lipinski definition) is 1. The number of carbonyl (C=O) groups excluding carboxylic acids is 1. The van der Waals surface area contributed by atoms with E-state index in [0.717, 1.165) is 0 Å². The number of ether oxygens (including phenoxy) is 1. The van der Waals surface area contributed by atoms with Gasteiger partial charge in [0.25, 0.3) is 0 Å². The molecule has 0 aromatic carbocycles. The summed E-state index contributed by atoms with van der Waals surface area (Å²) in [6.45, 7) is 4.54. The van der Waals surface area contributed by atoms with E-state index in [-0.39, 0.29) is 12.0 Å². The van der Waals surface area contributed by atoms with E-state index in [0.29, 0.717) is 18.5 Å². The Morgan fingerprint density at radius 1 is 1.50 bits per heavy atom. The van der Waals surface area contributed by atoms with Crippen LogP contribution in [0.1, 0.15) is 32.6 Å². The second-order valence-electron chi connectivity index (χ2n) is 4.99. The minimum Gasteiger partial charge on any atom is -0.469 e. The van der Waals surface area contributed by atoms with Gasteiger partial charge in [0, 0.05) is 24.7 Å². The second kappa shape index (κ2) is 5.15. The van der Waals surface area contributed by atoms with E-state index in [1.807, 2.05) is 0 Å². The fraction of sp³-hybridized carbons (Fsp3) is 0.917. The van der Waals surface area contributed by atoms with Crippen LogP contribution in [0.15, 0.2) is 0 Å². The van der Waals surface area contributed by atoms with Gasteiger partial charge in [-0.2, -0.15) is 0 Å². The second-order valence-corrected chi connectivity index (χ2v) is 4.99. The molecule has 4 nitrogen and oxygen atoms in total. The number of carbonyl (C=O) groups is 1. The van der Waals surface area contributed by atoms with Crippen molar-refractivity contribution in [3.05, 3.63) is 0 Å². The molecule has 2 aliphatic rings. The summed E-state index contributed by atoms with van der Waals surface area (Å²) >= 11 is 0. The first-order chi connectivity index (χ1) is 7.70. The zero-order valence-electron chi connectivity index (χ0n) is 10.2. The van der Waals surface area contributed by atoms with Crippen molar-refractivity contribution in [1.29, 1.82) is 0 Å². The molecule has 0 saturated carbocycles. The maximum atomic E-state index is 11.2. The number of nitrogens with one attached hydrogen (secondary N) is 1. The Kier molecular flexibility index (Phi) is 3.82. The van der Waals surface area contributed by atoms with Gasteiger partial charge in [-0.25, -0.2) is 0 Å². The van der Waals surface area contributed by atoms with Crippen LogP contribution < -0.4 is 5.32 Å². The zero-order chi connectivity index (χ0) is 11.5. The topological polar surface area (TPSA) is 41.6 Å². The van der Waals surface area contributed by atoms with Gasteiger partial charge in [0.2, 0.25) is 0 Å². The molecule has 0 aromatic rings. The van der Waals surface area contributed by atoms with Crippen LogP contribution in [0.5, 0.6) is 0 Å². The van der Waals surface area contributed by atoms with Crippen molar-refractivity contribution in [3.8, 4) is 0 Å². The van der Waals surface area contributed by atoms with Gasteiger partial charge in [-0.15, -0.1) is 0 Å². The summed E-state index contributed by atoms with van der Waals surface area (Å²) < 4.78 is 4.68. The third kappa shape index (κ3) is 2.55. The molecule has 92 valence electrons. The van der Waals surface area contributed by atoms with E-state index >= 15 is 0 Å². The first-order valence-corrected chi connectivity index (χ1v) is 6.27. The summed E-state index contributed by atoms with van der Waals surface area (Å²) in [5, 5.41) is 3.57. The number of nitrogens with zero attached hydrogens (tertiary/aromatic N) is 1. The molecular weight excluding hydrogens is 204 g/mol. The summed E-state index contributed by atoms with van der Waals surface area (Å²) in [6, 6.07) is 1.50. The van der Waals surface area contributed by atoms with Crippen LogP contribution in [-0.2, 0) is 9.53 Å². The zero-order valence-corrected chi connectivity index (χ0v) is 10.2. The van der Waals surface area contributed by atoms with Gasteiger partial charge < -0.3 is 10.1 Å². The van der Waals surface area contributed by atoms with Gasteiger partial charge in [-0.1, -0.05) is 0 Å². The lowest BCUT2D eigenvalue weighted by Gasteiger charge is -2.24. The van der Waals surface area contributed by atoms with Crippen LogP contribution >= 0.6 is 0 Å². The lowest BCUT2D eigenvalue weighted by Crippen LogP contribution is -2.44. The SMILES string of the molecule is COC(=O)CC(C)NC1CCN2CCCC12. The summed E-state index contributed by atoms with van der Waals surface area (Å²) in [6.07, 6.45) is 4.33. The fourth-order valence-corrected chi connectivity index (χ4v) is 3.03. The largest absolute Gasteiger partial charge is 0.469 e. The summed E-state index contributed by atoms with van der Waals surface area (Å²) in [5.74, 6) is -0.124. The molecule has 2 aliphatic heterocycles. The average molecular weight is 226 g/mol. The lowest BCUT2D eigenvalue weighted by atomic mass is 10.1. The van der Waals surface area contributed by atoms with Gasteiger partial charge in [-0.3, -0.25) is 9.69 Å². The van der Waals surface area contributed by atoms with E-state index in [2.05, 4.69) is 21.9 Å². The number of hydrogen-bond acceptors (Lipinski definition) is 4. The molecule has 0 amide bonds. The summed E-state index contributed by atoms with van der Waals surface area (Å²) in [4.78, 5) is 13.7. The third-order valence-corrected chi connectivity index (χ3v) is 3.81. The first kappa shape index (κ1) is 11.9. The molecule has 3 atom stereocenters. The highest BCUT2D eigenvalue weighted by atomic mass is 16.5. The van der Waals surface area contributed by atoms with Crippen LogP contribution in [0.4, 0.5) is 0 Å². The van der Waals surface area contributed by atoms with E-state index < -0.39 is 0 Å². The first-order valence-electron chi connectivity index (χ1n) is 6.27. The Labute approximate surface area is 97.3 Å². The lowest BCUT2D eigenvalue weighted by molar-refractivity contribution is -0.141. The number of rotatable bonds is 4. The van der Waals surface area contributed by atoms with Crippen molar-refractivity contribution >= 4 is 5.97 Å². The molecule has 2 fully saturated rings. The summed E-state index contributed by atoms with van der Waals surface area (Å²) in [5.41, 5.74) is 0. The fourth-order valence-electron chi connectivity index (χ4n) is 3.03. The number of fused-ring (bicyclic) bond motifs is 1. The van der Waals surface area contributed by atoms with Crippen LogP contribution in [0.25, 0.3) is 0 Å². The van der Waals surface area contributed by atoms with Crippen LogP contribution in [0, 0.1) is 0 Å². The summed E-state index contributed by atoms with van der Waals surface area (Å²) in [7, 11) is 1.45. The molecule has 3 unspecified atom stereocenters. The van der Waals surface area contributed by atoms with Gasteiger partial charge in [0.05, 0.1) is 13.5 Å². The quantitative estimate of drug-likeness (QED) is 0.719. The highest BCUT2D eigenvalue weighted by Gasteiger charge is 2.37. The maximum Gasteiger partial charge on any atom is 0.307 e. The molecular formula is C12H22N2O2. The standard InChI is InChI=1S/C12H22N2O2/c1-9(8-12(15)16-2)13-10-5-7-14-6-3-4-11(10)14/h9-11,13H,3-8H2,1-2H3. The van der Waals surface area contributed by atoms with Gasteiger partial charge in [-0.05, 0) is 32.7 Å². The smallest absolute Gasteiger partial charge is 0.307 e. The predicted octanol–water partition coefficient (Wildman–Crippen LogP) is 0.764. The van der Waals surface area contributed by atoms with Crippen molar-refractivity contribution in [1.82, 2.24) is 10.2 Å². The van der Waals surface area contributed by atoms with Crippen molar-refractivity contribution in [2.75, 3.05) is 20.2 Å². The van der Waals surface area contributed by atoms with E-state index in [1.54, 1.807) is 0 Å². The molecule has 0 aromatic heterocycles. The van der Waals surface area contributed by atoms with Crippen molar-refractivity contribution in [2.24, 2.45) is 0 Å². The normalized spacial score (nSPS) is 31.4. The van der Waals surface area contributed by atoms with Crippen LogP contribution in [0.2, 0.25) is 0 Å². The molecule has 2 heterocycles. The van der Waals surface area contributed by atoms with Gasteiger partial charge >= 0.3 is 5.97 Å². The van der Waals surface area contributed by atoms with Gasteiger partial charge in [0.15, 0.2) is 0 Å². The Bertz CT molecular complexity index is 257. The highest BCUT2D eigenvalue weighted by Crippen LogP contribution is 2.28. The Balaban J connectivity index is 1.78. The molecule has 2 saturated heterocycles. The van der Waals surface area contributed by atoms with Crippen molar-refractivity contribution < 1.29 is 9.53 Å². The predicted molar refractivity (Wildman–Crippen MR) is 62.2 cm³/mol. The minimum atomic E-state index is -0.124. The molecule has 0 spiro atoms. The van der Waals surface area contributed by atoms with E-state index in [4.69, 9.17) is 0 Å². The molecule has 16 heavy (non-hydrogen) atoms. The Hall–Kier alpha value is -0.610. The van der Waals surface area contributed by atoms with Crippen LogP contribution in [-0.4, -0.2) is 49.2 Å². The van der Waals surface area contributed by atoms with Crippen molar-refractivity contribution in [3.63, 3.8) is 0 Å². The molecule has 2 rings (SSSR count). The van der Waals surface area contributed by atoms with E-state index in [9.17, 15) is 4.79 Å². The average Bonchev–Trinajstić information content (AvgIpc) is 2.82. The number of methoxy groups -OCH3 is 1. The maximum absolute atomic E-state index is 11.2. The Morgan fingerprint density at radius 3 is 3.06 bits per heavy atom. The highest BCUT2D eigenvalue weighted by molar-refractivity contribution is 5.69. The van der Waals surface area contributed by atoms with Gasteiger partial charge in [0.1, 0.15) is 0 Å². The molecule has 4 heteroatoms. The molecule has 0 bridgehead atoms. The third-order valence-electron chi connectivity index (χ3n) is 3.81. The van der Waals surface area contributed by atoms with Crippen molar-refractivity contribution in [2.45, 2.75) is 50.7 Å². The molecule has 1 N–H and O–H groups in total. The minimum absolute atomic E-state index is 0.124. The Morgan fingerprint density at radius 2 is 2.31 bits per heavy atom. The number of esters is 1.